The average Bonchev–Trinajstić information content (AvgIpc) is 2.44. The molecule has 1 atom stereocenters. The van der Waals surface area contributed by atoms with E-state index in [-0.39, 0.29) is 6.04 Å². The number of hydrogen-bond donors (Lipinski definition) is 1. The number of hydrogen-bond acceptors (Lipinski definition) is 4. The maximum Gasteiger partial charge on any atom is 0.356 e. The third-order valence-electron chi connectivity index (χ3n) is 1.61. The zero-order valence-corrected chi connectivity index (χ0v) is 9.61. The Labute approximate surface area is 90.3 Å². The largest absolute Gasteiger partial charge is 0.464 e. The molecule has 2 N–H and O–H groups in total. The lowest BCUT2D eigenvalue weighted by Crippen LogP contribution is -2.25. The van der Waals surface area contributed by atoms with Gasteiger partial charge in [0.2, 0.25) is 0 Å². The van der Waals surface area contributed by atoms with Crippen LogP contribution >= 0.6 is 15.9 Å². The zero-order chi connectivity index (χ0) is 10.7. The Morgan fingerprint density at radius 2 is 2.50 bits per heavy atom. The molecule has 0 radical (unpaired) electrons. The molecule has 0 aliphatic heterocycles. The average molecular weight is 262 g/mol. The molecule has 14 heavy (non-hydrogen) atoms. The van der Waals surface area contributed by atoms with Crippen LogP contribution in [0.3, 0.4) is 0 Å². The standard InChI is InChI=1S/C8H12BrN3O2/c1-5(10)4-12-6(8(13)14-2)3-7(9)11-12/h3,5H,4,10H2,1-2H3. The molecule has 0 saturated heterocycles. The van der Waals surface area contributed by atoms with Crippen LogP contribution in [0.2, 0.25) is 0 Å². The summed E-state index contributed by atoms with van der Waals surface area (Å²) in [6, 6.07) is 1.54. The minimum Gasteiger partial charge on any atom is -0.464 e. The Morgan fingerprint density at radius 1 is 1.86 bits per heavy atom. The number of methoxy groups -OCH3 is 1. The van der Waals surface area contributed by atoms with Crippen molar-refractivity contribution in [2.45, 2.75) is 19.5 Å². The van der Waals surface area contributed by atoms with Gasteiger partial charge in [0, 0.05) is 12.1 Å². The lowest BCUT2D eigenvalue weighted by atomic mass is 10.3. The number of halogens is 1. The van der Waals surface area contributed by atoms with E-state index < -0.39 is 5.97 Å². The minimum atomic E-state index is -0.413. The molecule has 0 bridgehead atoms. The lowest BCUT2D eigenvalue weighted by Gasteiger charge is -2.07. The molecule has 0 fully saturated rings. The first-order valence-electron chi connectivity index (χ1n) is 4.12. The molecule has 1 rings (SSSR count). The molecule has 0 aliphatic rings. The third kappa shape index (κ3) is 2.55. The molecule has 1 aromatic heterocycles. The molecule has 78 valence electrons. The number of rotatable bonds is 3. The van der Waals surface area contributed by atoms with E-state index in [0.717, 1.165) is 0 Å². The fourth-order valence-electron chi connectivity index (χ4n) is 1.07. The second kappa shape index (κ2) is 4.56. The Bertz CT molecular complexity index is 335. The van der Waals surface area contributed by atoms with Gasteiger partial charge < -0.3 is 10.5 Å². The summed E-state index contributed by atoms with van der Waals surface area (Å²) in [7, 11) is 1.33. The van der Waals surface area contributed by atoms with Crippen molar-refractivity contribution in [1.29, 1.82) is 0 Å². The summed E-state index contributed by atoms with van der Waals surface area (Å²) in [4.78, 5) is 11.3. The van der Waals surface area contributed by atoms with Gasteiger partial charge in [0.1, 0.15) is 10.3 Å². The van der Waals surface area contributed by atoms with E-state index in [1.54, 1.807) is 6.07 Å². The van der Waals surface area contributed by atoms with Gasteiger partial charge in [-0.2, -0.15) is 5.10 Å². The molecule has 6 heteroatoms. The molecular weight excluding hydrogens is 250 g/mol. The van der Waals surface area contributed by atoms with E-state index in [4.69, 9.17) is 5.73 Å². The van der Waals surface area contributed by atoms with Crippen LogP contribution in [0.5, 0.6) is 0 Å². The summed E-state index contributed by atoms with van der Waals surface area (Å²) in [5.74, 6) is -0.413. The summed E-state index contributed by atoms with van der Waals surface area (Å²) in [6.45, 7) is 2.33. The van der Waals surface area contributed by atoms with Crippen molar-refractivity contribution in [1.82, 2.24) is 9.78 Å². The molecule has 1 heterocycles. The van der Waals surface area contributed by atoms with Gasteiger partial charge in [0.05, 0.1) is 13.7 Å². The molecule has 0 amide bonds. The van der Waals surface area contributed by atoms with E-state index in [1.165, 1.54) is 11.8 Å². The summed E-state index contributed by atoms with van der Waals surface area (Å²) in [5, 5.41) is 4.07. The highest BCUT2D eigenvalue weighted by atomic mass is 79.9. The summed E-state index contributed by atoms with van der Waals surface area (Å²) in [5.41, 5.74) is 6.02. The number of nitrogens with zero attached hydrogens (tertiary/aromatic N) is 2. The second-order valence-electron chi connectivity index (χ2n) is 3.00. The monoisotopic (exact) mass is 261 g/mol. The van der Waals surface area contributed by atoms with Gasteiger partial charge in [0.15, 0.2) is 0 Å². The van der Waals surface area contributed by atoms with Crippen LogP contribution < -0.4 is 5.73 Å². The van der Waals surface area contributed by atoms with Crippen molar-refractivity contribution in [3.05, 3.63) is 16.4 Å². The van der Waals surface area contributed by atoms with Crippen LogP contribution in [-0.2, 0) is 11.3 Å². The van der Waals surface area contributed by atoms with Crippen molar-refractivity contribution < 1.29 is 9.53 Å². The fourth-order valence-corrected chi connectivity index (χ4v) is 1.47. The molecule has 0 aromatic carbocycles. The van der Waals surface area contributed by atoms with Crippen LogP contribution in [0.1, 0.15) is 17.4 Å². The highest BCUT2D eigenvalue weighted by Gasteiger charge is 2.15. The molecule has 1 aromatic rings. The predicted octanol–water partition coefficient (Wildman–Crippen LogP) is 0.779. The van der Waals surface area contributed by atoms with Gasteiger partial charge in [-0.15, -0.1) is 0 Å². The van der Waals surface area contributed by atoms with Crippen LogP contribution in [0.25, 0.3) is 0 Å². The van der Waals surface area contributed by atoms with E-state index >= 15 is 0 Å². The van der Waals surface area contributed by atoms with Gasteiger partial charge in [-0.3, -0.25) is 4.68 Å². The number of esters is 1. The molecule has 0 aliphatic carbocycles. The Morgan fingerprint density at radius 3 is 3.00 bits per heavy atom. The summed E-state index contributed by atoms with van der Waals surface area (Å²) < 4.78 is 6.73. The van der Waals surface area contributed by atoms with Gasteiger partial charge in [-0.05, 0) is 22.9 Å². The van der Waals surface area contributed by atoms with Crippen molar-refractivity contribution in [3.63, 3.8) is 0 Å². The SMILES string of the molecule is COC(=O)c1cc(Br)nn1CC(C)N. The lowest BCUT2D eigenvalue weighted by molar-refractivity contribution is 0.0586. The topological polar surface area (TPSA) is 70.1 Å². The predicted molar refractivity (Wildman–Crippen MR) is 54.9 cm³/mol. The Hall–Kier alpha value is -0.880. The van der Waals surface area contributed by atoms with Crippen LogP contribution in [0, 0.1) is 0 Å². The molecule has 0 spiro atoms. The maximum absolute atomic E-state index is 11.3. The first-order chi connectivity index (χ1) is 6.54. The first-order valence-corrected chi connectivity index (χ1v) is 4.91. The van der Waals surface area contributed by atoms with E-state index in [2.05, 4.69) is 25.8 Å². The van der Waals surface area contributed by atoms with Gasteiger partial charge in [0.25, 0.3) is 0 Å². The third-order valence-corrected chi connectivity index (χ3v) is 1.99. The summed E-state index contributed by atoms with van der Waals surface area (Å²) >= 11 is 3.19. The second-order valence-corrected chi connectivity index (χ2v) is 3.82. The normalized spacial score (nSPS) is 12.6. The van der Waals surface area contributed by atoms with Crippen LogP contribution in [-0.4, -0.2) is 28.9 Å². The van der Waals surface area contributed by atoms with Crippen molar-refractivity contribution in [2.75, 3.05) is 7.11 Å². The first kappa shape index (κ1) is 11.2. The quantitative estimate of drug-likeness (QED) is 0.817. The highest BCUT2D eigenvalue weighted by molar-refractivity contribution is 9.10. The molecule has 1 unspecified atom stereocenters. The highest BCUT2D eigenvalue weighted by Crippen LogP contribution is 2.11. The van der Waals surface area contributed by atoms with Gasteiger partial charge in [-0.25, -0.2) is 4.79 Å². The van der Waals surface area contributed by atoms with E-state index in [9.17, 15) is 4.79 Å². The number of ether oxygens (including phenoxy) is 1. The van der Waals surface area contributed by atoms with Gasteiger partial charge in [-0.1, -0.05) is 0 Å². The molecule has 0 saturated carbocycles. The van der Waals surface area contributed by atoms with Gasteiger partial charge >= 0.3 is 5.97 Å². The smallest absolute Gasteiger partial charge is 0.356 e. The number of nitrogens with two attached hydrogens (primary N) is 1. The maximum atomic E-state index is 11.3. The van der Waals surface area contributed by atoms with Crippen LogP contribution in [0.4, 0.5) is 0 Å². The number of carbonyl (C=O) groups is 1. The molecular formula is C8H12BrN3O2. The Balaban J connectivity index is 2.96. The Kier molecular flexibility index (Phi) is 3.65. The number of carbonyl (C=O) groups excluding carboxylic acids is 1. The minimum absolute atomic E-state index is 0.0646. The van der Waals surface area contributed by atoms with E-state index in [0.29, 0.717) is 16.8 Å². The van der Waals surface area contributed by atoms with Crippen LogP contribution in [0.15, 0.2) is 10.7 Å². The van der Waals surface area contributed by atoms with Crippen molar-refractivity contribution >= 4 is 21.9 Å². The fraction of sp³-hybridized carbons (Fsp3) is 0.500. The zero-order valence-electron chi connectivity index (χ0n) is 8.03. The molecule has 5 nitrogen and oxygen atoms in total. The number of aromatic nitrogens is 2. The summed E-state index contributed by atoms with van der Waals surface area (Å²) in [6.07, 6.45) is 0. The van der Waals surface area contributed by atoms with E-state index in [1.807, 2.05) is 6.92 Å². The van der Waals surface area contributed by atoms with Crippen molar-refractivity contribution in [2.24, 2.45) is 5.73 Å². The van der Waals surface area contributed by atoms with Crippen molar-refractivity contribution in [3.8, 4) is 0 Å².